The van der Waals surface area contributed by atoms with Gasteiger partial charge in [-0.2, -0.15) is 0 Å². The van der Waals surface area contributed by atoms with E-state index in [9.17, 15) is 4.79 Å². The van der Waals surface area contributed by atoms with E-state index in [2.05, 4.69) is 26.2 Å². The van der Waals surface area contributed by atoms with E-state index in [-0.39, 0.29) is 0 Å². The van der Waals surface area contributed by atoms with Gasteiger partial charge in [0.05, 0.1) is 24.2 Å². The van der Waals surface area contributed by atoms with Gasteiger partial charge < -0.3 is 14.8 Å². The lowest BCUT2D eigenvalue weighted by atomic mass is 10.2. The Hall–Kier alpha value is -1.14. The minimum absolute atomic E-state index is 0.390. The van der Waals surface area contributed by atoms with Gasteiger partial charge in [-0.25, -0.2) is 0 Å². The highest BCUT2D eigenvalue weighted by molar-refractivity contribution is 9.09. The Kier molecular flexibility index (Phi) is 5.37. The molecule has 1 aromatic rings. The van der Waals surface area contributed by atoms with E-state index in [4.69, 9.17) is 9.47 Å². The average molecular weight is 303 g/mol. The normalized spacial score (nSPS) is 13.8. The van der Waals surface area contributed by atoms with Crippen LogP contribution in [0.2, 0.25) is 0 Å². The van der Waals surface area contributed by atoms with E-state index in [1.54, 1.807) is 26.3 Å². The Morgan fingerprint density at radius 2 is 2.35 bits per heavy atom. The minimum atomic E-state index is -0.889. The first-order valence-electron chi connectivity index (χ1n) is 5.10. The molecule has 0 spiro atoms. The molecule has 0 fully saturated rings. The van der Waals surface area contributed by atoms with Gasteiger partial charge in [-0.1, -0.05) is 0 Å². The molecule has 5 nitrogen and oxygen atoms in total. The number of nitrogens with zero attached hydrogens (tertiary/aromatic N) is 1. The third kappa shape index (κ3) is 4.32. The smallest absolute Gasteiger partial charge is 0.294 e. The van der Waals surface area contributed by atoms with Gasteiger partial charge in [-0.15, -0.1) is 0 Å². The number of halogens is 1. The largest absolute Gasteiger partial charge is 0.444 e. The van der Waals surface area contributed by atoms with Crippen molar-refractivity contribution < 1.29 is 14.3 Å². The second-order valence-corrected chi connectivity index (χ2v) is 5.00. The van der Waals surface area contributed by atoms with Crippen LogP contribution in [-0.2, 0) is 18.8 Å². The highest BCUT2D eigenvalue weighted by atomic mass is 79.9. The van der Waals surface area contributed by atoms with Crippen LogP contribution in [0.25, 0.3) is 0 Å². The molecule has 0 bridgehead atoms. The highest BCUT2D eigenvalue weighted by Gasteiger charge is 2.25. The van der Waals surface area contributed by atoms with Gasteiger partial charge in [0.1, 0.15) is 0 Å². The average Bonchev–Trinajstić information content (AvgIpc) is 2.30. The first-order valence-corrected chi connectivity index (χ1v) is 5.89. The number of anilines is 1. The van der Waals surface area contributed by atoms with Gasteiger partial charge in [0, 0.05) is 13.7 Å². The van der Waals surface area contributed by atoms with Crippen LogP contribution in [0.5, 0.6) is 0 Å². The van der Waals surface area contributed by atoms with Crippen molar-refractivity contribution in [2.75, 3.05) is 25.6 Å². The Labute approximate surface area is 109 Å². The summed E-state index contributed by atoms with van der Waals surface area (Å²) in [5.74, 6) is 0. The number of hydrogen-bond donors (Lipinski definition) is 1. The van der Waals surface area contributed by atoms with Crippen LogP contribution < -0.4 is 5.32 Å². The molecular weight excluding hydrogens is 288 g/mol. The summed E-state index contributed by atoms with van der Waals surface area (Å²) < 4.78 is 8.92. The number of carbonyl (C=O) groups is 1. The van der Waals surface area contributed by atoms with Crippen LogP contribution in [0.15, 0.2) is 18.3 Å². The topological polar surface area (TPSA) is 60.5 Å². The second kappa shape index (κ2) is 6.56. The molecule has 1 atom stereocenters. The first kappa shape index (κ1) is 13.9. The van der Waals surface area contributed by atoms with E-state index in [0.717, 1.165) is 5.69 Å². The van der Waals surface area contributed by atoms with Gasteiger partial charge in [0.25, 0.3) is 6.47 Å². The van der Waals surface area contributed by atoms with Crippen molar-refractivity contribution in [3.05, 3.63) is 24.0 Å². The van der Waals surface area contributed by atoms with Crippen molar-refractivity contribution in [2.45, 2.75) is 11.4 Å². The van der Waals surface area contributed by atoms with E-state index in [1.807, 2.05) is 6.07 Å². The van der Waals surface area contributed by atoms with Gasteiger partial charge >= 0.3 is 0 Å². The number of pyridine rings is 1. The minimum Gasteiger partial charge on any atom is -0.444 e. The predicted molar refractivity (Wildman–Crippen MR) is 68.0 cm³/mol. The maximum absolute atomic E-state index is 10.3. The van der Waals surface area contributed by atoms with E-state index >= 15 is 0 Å². The SMILES string of the molecule is COCCNc1ccc(C(C)(Br)OC=O)nc1. The summed E-state index contributed by atoms with van der Waals surface area (Å²) in [6.45, 7) is 3.45. The number of aromatic nitrogens is 1. The Bertz CT molecular complexity index is 354. The monoisotopic (exact) mass is 302 g/mol. The van der Waals surface area contributed by atoms with Crippen molar-refractivity contribution in [2.24, 2.45) is 0 Å². The summed E-state index contributed by atoms with van der Waals surface area (Å²) in [6, 6.07) is 3.65. The molecule has 0 radical (unpaired) electrons. The summed E-state index contributed by atoms with van der Waals surface area (Å²) in [5, 5.41) is 3.14. The number of alkyl halides is 1. The fourth-order valence-electron chi connectivity index (χ4n) is 1.21. The molecule has 94 valence electrons. The third-order valence-electron chi connectivity index (χ3n) is 2.13. The quantitative estimate of drug-likeness (QED) is 0.473. The number of nitrogens with one attached hydrogen (secondary N) is 1. The van der Waals surface area contributed by atoms with Crippen LogP contribution in [-0.4, -0.2) is 31.7 Å². The third-order valence-corrected chi connectivity index (χ3v) is 2.72. The zero-order valence-corrected chi connectivity index (χ0v) is 11.4. The molecule has 0 aromatic carbocycles. The highest BCUT2D eigenvalue weighted by Crippen LogP contribution is 2.30. The predicted octanol–water partition coefficient (Wildman–Crippen LogP) is 1.88. The molecule has 1 heterocycles. The van der Waals surface area contributed by atoms with Crippen LogP contribution >= 0.6 is 15.9 Å². The second-order valence-electron chi connectivity index (χ2n) is 3.48. The molecule has 17 heavy (non-hydrogen) atoms. The van der Waals surface area contributed by atoms with Crippen molar-refractivity contribution in [1.29, 1.82) is 0 Å². The molecule has 1 rings (SSSR count). The van der Waals surface area contributed by atoms with Gasteiger partial charge in [-0.3, -0.25) is 9.78 Å². The number of ether oxygens (including phenoxy) is 2. The molecule has 0 amide bonds. The summed E-state index contributed by atoms with van der Waals surface area (Å²) in [7, 11) is 1.65. The lowest BCUT2D eigenvalue weighted by molar-refractivity contribution is -0.135. The zero-order valence-electron chi connectivity index (χ0n) is 9.77. The molecule has 0 aliphatic heterocycles. The number of hydrogen-bond acceptors (Lipinski definition) is 5. The van der Waals surface area contributed by atoms with Crippen molar-refractivity contribution in [3.63, 3.8) is 0 Å². The maximum Gasteiger partial charge on any atom is 0.294 e. The van der Waals surface area contributed by atoms with Crippen LogP contribution in [0, 0.1) is 0 Å². The van der Waals surface area contributed by atoms with Crippen LogP contribution in [0.4, 0.5) is 5.69 Å². The summed E-state index contributed by atoms with van der Waals surface area (Å²) in [6.07, 6.45) is 1.68. The summed E-state index contributed by atoms with van der Waals surface area (Å²) in [5.41, 5.74) is 1.52. The molecule has 1 N–H and O–H groups in total. The zero-order chi connectivity index (χ0) is 12.7. The van der Waals surface area contributed by atoms with Gasteiger partial charge in [-0.05, 0) is 35.0 Å². The molecule has 0 aliphatic rings. The van der Waals surface area contributed by atoms with Crippen molar-refractivity contribution >= 4 is 28.1 Å². The molecule has 0 saturated heterocycles. The summed E-state index contributed by atoms with van der Waals surface area (Å²) >= 11 is 3.28. The van der Waals surface area contributed by atoms with E-state index in [0.29, 0.717) is 25.3 Å². The Morgan fingerprint density at radius 1 is 1.59 bits per heavy atom. The lowest BCUT2D eigenvalue weighted by Gasteiger charge is -2.19. The lowest BCUT2D eigenvalue weighted by Crippen LogP contribution is -2.18. The number of rotatable bonds is 7. The fourth-order valence-corrected chi connectivity index (χ4v) is 1.52. The van der Waals surface area contributed by atoms with Crippen LogP contribution in [0.1, 0.15) is 12.6 Å². The molecule has 1 aromatic heterocycles. The number of carbonyl (C=O) groups excluding carboxylic acids is 1. The van der Waals surface area contributed by atoms with Crippen molar-refractivity contribution in [3.8, 4) is 0 Å². The molecular formula is C11H15BrN2O3. The van der Waals surface area contributed by atoms with Gasteiger partial charge in [0.15, 0.2) is 0 Å². The Balaban J connectivity index is 2.64. The summed E-state index contributed by atoms with van der Waals surface area (Å²) in [4.78, 5) is 14.5. The van der Waals surface area contributed by atoms with Crippen molar-refractivity contribution in [1.82, 2.24) is 4.98 Å². The van der Waals surface area contributed by atoms with Crippen LogP contribution in [0.3, 0.4) is 0 Å². The van der Waals surface area contributed by atoms with E-state index in [1.165, 1.54) is 0 Å². The molecule has 6 heteroatoms. The Morgan fingerprint density at radius 3 is 2.88 bits per heavy atom. The van der Waals surface area contributed by atoms with E-state index < -0.39 is 4.51 Å². The maximum atomic E-state index is 10.3. The molecule has 1 unspecified atom stereocenters. The molecule has 0 aliphatic carbocycles. The first-order chi connectivity index (χ1) is 8.10. The fraction of sp³-hybridized carbons (Fsp3) is 0.455. The molecule has 0 saturated carbocycles. The standard InChI is InChI=1S/C11H15BrN2O3/c1-11(12,17-8-15)10-4-3-9(7-14-10)13-5-6-16-2/h3-4,7-8,13H,5-6H2,1-2H3. The van der Waals surface area contributed by atoms with Gasteiger partial charge in [0.2, 0.25) is 4.51 Å². The number of methoxy groups -OCH3 is 1.